The third-order valence-corrected chi connectivity index (χ3v) is 8.27. The fourth-order valence-corrected chi connectivity index (χ4v) is 6.93. The molecule has 4 bridgehead atoms. The van der Waals surface area contributed by atoms with Gasteiger partial charge in [0, 0.05) is 42.1 Å². The number of nitriles is 1. The lowest BCUT2D eigenvalue weighted by Crippen LogP contribution is -2.60. The summed E-state index contributed by atoms with van der Waals surface area (Å²) in [6.07, 6.45) is 10.1. The number of halogens is 1. The van der Waals surface area contributed by atoms with E-state index in [0.29, 0.717) is 46.7 Å². The number of aromatic nitrogens is 3. The van der Waals surface area contributed by atoms with Crippen molar-refractivity contribution in [1.29, 1.82) is 5.26 Å². The van der Waals surface area contributed by atoms with Crippen LogP contribution in [0.15, 0.2) is 24.7 Å². The molecule has 1 unspecified atom stereocenters. The van der Waals surface area contributed by atoms with Crippen molar-refractivity contribution in [3.63, 3.8) is 0 Å². The molecule has 0 saturated heterocycles. The minimum atomic E-state index is -0.505. The number of hydrogen-bond acceptors (Lipinski definition) is 8. The predicted octanol–water partition coefficient (Wildman–Crippen LogP) is 5.14. The van der Waals surface area contributed by atoms with Crippen molar-refractivity contribution in [3.05, 3.63) is 40.8 Å². The Hall–Kier alpha value is -3.12. The second kappa shape index (κ2) is 9.97. The van der Waals surface area contributed by atoms with E-state index in [-0.39, 0.29) is 17.6 Å². The minimum absolute atomic E-state index is 0.136. The number of carbonyl (C=O) groups excluding carboxylic acids is 1. The third-order valence-electron chi connectivity index (χ3n) is 7.90. The van der Waals surface area contributed by atoms with Crippen molar-refractivity contribution >= 4 is 29.5 Å². The second-order valence-electron chi connectivity index (χ2n) is 11.9. The Balaban J connectivity index is 1.24. The monoisotopic (exact) mass is 523 g/mol. The zero-order valence-corrected chi connectivity index (χ0v) is 22.3. The predicted molar refractivity (Wildman–Crippen MR) is 141 cm³/mol. The highest BCUT2D eigenvalue weighted by atomic mass is 35.5. The molecule has 0 radical (unpaired) electrons. The number of alkyl carbamates (subject to hydrolysis) is 1. The first kappa shape index (κ1) is 25.5. The Morgan fingerprint density at radius 2 is 1.97 bits per heavy atom. The van der Waals surface area contributed by atoms with E-state index in [2.05, 4.69) is 37.0 Å². The molecule has 196 valence electrons. The summed E-state index contributed by atoms with van der Waals surface area (Å²) in [7, 11) is 0. The first-order valence-corrected chi connectivity index (χ1v) is 13.3. The number of nitrogens with zero attached hydrogens (tertiary/aromatic N) is 4. The third kappa shape index (κ3) is 5.74. The van der Waals surface area contributed by atoms with Crippen molar-refractivity contribution in [2.75, 3.05) is 17.2 Å². The normalized spacial score (nSPS) is 27.9. The van der Waals surface area contributed by atoms with Gasteiger partial charge in [-0.2, -0.15) is 10.2 Å². The van der Waals surface area contributed by atoms with Gasteiger partial charge in [-0.05, 0) is 82.1 Å². The smallest absolute Gasteiger partial charge is 0.407 e. The Morgan fingerprint density at radius 1 is 1.22 bits per heavy atom. The first-order valence-electron chi connectivity index (χ1n) is 13.0. The maximum absolute atomic E-state index is 12.5. The number of hydrogen-bond donors (Lipinski definition) is 3. The minimum Gasteiger partial charge on any atom is -0.444 e. The number of rotatable bonds is 7. The van der Waals surface area contributed by atoms with Crippen LogP contribution in [0.4, 0.5) is 16.6 Å². The average molecular weight is 524 g/mol. The Labute approximate surface area is 222 Å². The van der Waals surface area contributed by atoms with Crippen molar-refractivity contribution in [1.82, 2.24) is 20.3 Å². The lowest BCUT2D eigenvalue weighted by atomic mass is 9.48. The van der Waals surface area contributed by atoms with Gasteiger partial charge in [0.15, 0.2) is 0 Å². The van der Waals surface area contributed by atoms with Crippen molar-refractivity contribution in [2.24, 2.45) is 23.2 Å². The molecule has 0 aliphatic heterocycles. The van der Waals surface area contributed by atoms with Crippen LogP contribution < -0.4 is 16.0 Å². The van der Waals surface area contributed by atoms with E-state index in [1.54, 1.807) is 24.7 Å². The summed E-state index contributed by atoms with van der Waals surface area (Å²) >= 11 is 6.23. The van der Waals surface area contributed by atoms with Gasteiger partial charge in [0.1, 0.15) is 23.1 Å². The summed E-state index contributed by atoms with van der Waals surface area (Å²) in [5.41, 5.74) is 0.889. The van der Waals surface area contributed by atoms with Gasteiger partial charge >= 0.3 is 6.09 Å². The van der Waals surface area contributed by atoms with Gasteiger partial charge in [-0.1, -0.05) is 11.6 Å². The van der Waals surface area contributed by atoms with E-state index in [9.17, 15) is 10.1 Å². The molecule has 4 saturated carbocycles. The molecule has 37 heavy (non-hydrogen) atoms. The van der Waals surface area contributed by atoms with E-state index in [4.69, 9.17) is 16.3 Å². The first-order chi connectivity index (χ1) is 17.6. The lowest BCUT2D eigenvalue weighted by Gasteiger charge is -2.60. The van der Waals surface area contributed by atoms with Crippen LogP contribution in [0.5, 0.6) is 0 Å². The van der Waals surface area contributed by atoms with Gasteiger partial charge in [-0.15, -0.1) is 0 Å². The standard InChI is InChI=1S/C27H34ClN7O2/c1-26(2,3)37-25(36)34-22-17-6-16-7-18(22)10-27(8-16,9-17)15-33-23-19(11-29)13-31-24(35-23)32-14-20-12-30-5-4-21(20)28/h4-5,12-13,16-18,22H,6-10,14-15H2,1-3H3,(H,34,36)(H2,31,32,33,35)/t16?,17-,18+,22-,27-. The van der Waals surface area contributed by atoms with Crippen LogP contribution in [0.2, 0.25) is 5.02 Å². The highest BCUT2D eigenvalue weighted by Crippen LogP contribution is 2.60. The molecule has 4 aliphatic carbocycles. The average Bonchev–Trinajstić information content (AvgIpc) is 2.83. The van der Waals surface area contributed by atoms with Gasteiger partial charge in [0.05, 0.1) is 6.20 Å². The van der Waals surface area contributed by atoms with Crippen molar-refractivity contribution in [2.45, 2.75) is 71.1 Å². The summed E-state index contributed by atoms with van der Waals surface area (Å²) in [4.78, 5) is 25.5. The molecule has 4 aliphatic rings. The molecule has 0 aromatic carbocycles. The molecule has 6 rings (SSSR count). The summed E-state index contributed by atoms with van der Waals surface area (Å²) in [6.45, 7) is 6.85. The summed E-state index contributed by atoms with van der Waals surface area (Å²) in [5, 5.41) is 20.1. The SMILES string of the molecule is CC(C)(C)OC(=O)N[C@@H]1[C@@H]2CC3C[C@H]1C[C@@](CNc1nc(NCc4cnccc4Cl)ncc1C#N)(C3)C2. The van der Waals surface area contributed by atoms with Crippen LogP contribution in [0, 0.1) is 34.5 Å². The Morgan fingerprint density at radius 3 is 2.65 bits per heavy atom. The topological polar surface area (TPSA) is 125 Å². The number of amides is 1. The zero-order valence-electron chi connectivity index (χ0n) is 21.6. The van der Waals surface area contributed by atoms with Crippen LogP contribution in [-0.4, -0.2) is 39.2 Å². The van der Waals surface area contributed by atoms with E-state index >= 15 is 0 Å². The highest BCUT2D eigenvalue weighted by molar-refractivity contribution is 6.31. The number of carbonyl (C=O) groups is 1. The Bertz CT molecular complexity index is 1190. The number of pyridine rings is 1. The van der Waals surface area contributed by atoms with E-state index in [0.717, 1.165) is 37.8 Å². The molecule has 10 heteroatoms. The number of nitrogens with one attached hydrogen (secondary N) is 3. The molecule has 3 N–H and O–H groups in total. The Kier molecular flexibility index (Phi) is 6.88. The largest absolute Gasteiger partial charge is 0.444 e. The molecular formula is C27H34ClN7O2. The molecule has 9 nitrogen and oxygen atoms in total. The molecule has 5 atom stereocenters. The van der Waals surface area contributed by atoms with Gasteiger partial charge in [-0.25, -0.2) is 9.78 Å². The molecular weight excluding hydrogens is 490 g/mol. The molecule has 2 aromatic rings. The molecule has 4 fully saturated rings. The van der Waals surface area contributed by atoms with Crippen LogP contribution in [0.3, 0.4) is 0 Å². The summed E-state index contributed by atoms with van der Waals surface area (Å²) < 4.78 is 5.54. The number of anilines is 2. The van der Waals surface area contributed by atoms with Gasteiger partial charge in [-0.3, -0.25) is 4.98 Å². The quantitative estimate of drug-likeness (QED) is 0.455. The fourth-order valence-electron chi connectivity index (χ4n) is 6.76. The van der Waals surface area contributed by atoms with Crippen LogP contribution in [0.1, 0.15) is 64.0 Å². The summed E-state index contributed by atoms with van der Waals surface area (Å²) in [6, 6.07) is 4.11. The summed E-state index contributed by atoms with van der Waals surface area (Å²) in [5.74, 6) is 2.54. The van der Waals surface area contributed by atoms with Crippen LogP contribution in [-0.2, 0) is 11.3 Å². The molecule has 2 heterocycles. The molecule has 2 aromatic heterocycles. The van der Waals surface area contributed by atoms with E-state index in [1.807, 2.05) is 20.8 Å². The highest BCUT2D eigenvalue weighted by Gasteiger charge is 2.55. The van der Waals surface area contributed by atoms with Crippen LogP contribution in [0.25, 0.3) is 0 Å². The lowest BCUT2D eigenvalue weighted by molar-refractivity contribution is -0.0703. The maximum Gasteiger partial charge on any atom is 0.407 e. The van der Waals surface area contributed by atoms with Crippen LogP contribution >= 0.6 is 11.6 Å². The van der Waals surface area contributed by atoms with E-state index in [1.165, 1.54) is 6.42 Å². The number of ether oxygens (including phenoxy) is 1. The van der Waals surface area contributed by atoms with Gasteiger partial charge < -0.3 is 20.7 Å². The van der Waals surface area contributed by atoms with Gasteiger partial charge in [0.2, 0.25) is 5.95 Å². The fraction of sp³-hybridized carbons (Fsp3) is 0.593. The van der Waals surface area contributed by atoms with E-state index < -0.39 is 5.60 Å². The molecule has 0 spiro atoms. The second-order valence-corrected chi connectivity index (χ2v) is 12.3. The van der Waals surface area contributed by atoms with Crippen molar-refractivity contribution < 1.29 is 9.53 Å². The zero-order chi connectivity index (χ0) is 26.2. The van der Waals surface area contributed by atoms with Crippen molar-refractivity contribution in [3.8, 4) is 6.07 Å². The van der Waals surface area contributed by atoms with Gasteiger partial charge in [0.25, 0.3) is 0 Å². The molecule has 1 amide bonds. The maximum atomic E-state index is 12.5.